The Labute approximate surface area is 184 Å². The molecule has 0 aliphatic rings. The molecule has 0 aliphatic heterocycles. The molecule has 1 heterocycles. The lowest BCUT2D eigenvalue weighted by Gasteiger charge is -2.20. The number of carbonyl (C=O) groups excluding carboxylic acids is 2. The molecule has 0 spiro atoms. The molecule has 0 saturated carbocycles. The Hall–Kier alpha value is -2.90. The largest absolute Gasteiger partial charge is 0.339 e. The number of para-hydroxylation sites is 1. The third kappa shape index (κ3) is 5.58. The second kappa shape index (κ2) is 10.2. The Morgan fingerprint density at radius 2 is 1.77 bits per heavy atom. The summed E-state index contributed by atoms with van der Waals surface area (Å²) in [4.78, 5) is 30.7. The van der Waals surface area contributed by atoms with Gasteiger partial charge in [-0.05, 0) is 19.1 Å². The summed E-state index contributed by atoms with van der Waals surface area (Å²) in [5.74, 6) is 0.258. The average molecular weight is 447 g/mol. The van der Waals surface area contributed by atoms with Gasteiger partial charge in [-0.15, -0.1) is 0 Å². The van der Waals surface area contributed by atoms with E-state index in [1.807, 2.05) is 30.3 Å². The van der Waals surface area contributed by atoms with Gasteiger partial charge in [-0.25, -0.2) is 0 Å². The van der Waals surface area contributed by atoms with Crippen molar-refractivity contribution in [1.29, 1.82) is 0 Å². The SMILES string of the molecule is CCN(CC(=O)Nc1c(Cl)cccc1Cl)C(=O)CCc1nc(-c2ccccc2)no1. The highest BCUT2D eigenvalue weighted by molar-refractivity contribution is 6.39. The minimum atomic E-state index is -0.385. The molecule has 0 aliphatic carbocycles. The number of aromatic nitrogens is 2. The zero-order valence-electron chi connectivity index (χ0n) is 16.3. The van der Waals surface area contributed by atoms with Crippen molar-refractivity contribution >= 4 is 40.7 Å². The van der Waals surface area contributed by atoms with Crippen molar-refractivity contribution in [2.75, 3.05) is 18.4 Å². The van der Waals surface area contributed by atoms with Crippen LogP contribution in [-0.2, 0) is 16.0 Å². The van der Waals surface area contributed by atoms with Crippen molar-refractivity contribution in [1.82, 2.24) is 15.0 Å². The number of nitrogens with one attached hydrogen (secondary N) is 1. The number of anilines is 1. The van der Waals surface area contributed by atoms with Crippen LogP contribution in [0.2, 0.25) is 10.0 Å². The van der Waals surface area contributed by atoms with Crippen LogP contribution in [0.3, 0.4) is 0 Å². The van der Waals surface area contributed by atoms with Crippen molar-refractivity contribution in [3.05, 3.63) is 64.5 Å². The summed E-state index contributed by atoms with van der Waals surface area (Å²) >= 11 is 12.1. The van der Waals surface area contributed by atoms with Gasteiger partial charge in [-0.1, -0.05) is 64.8 Å². The zero-order chi connectivity index (χ0) is 21.5. The van der Waals surface area contributed by atoms with Gasteiger partial charge in [-0.3, -0.25) is 9.59 Å². The molecule has 2 amide bonds. The minimum Gasteiger partial charge on any atom is -0.339 e. The summed E-state index contributed by atoms with van der Waals surface area (Å²) in [7, 11) is 0. The van der Waals surface area contributed by atoms with Crippen molar-refractivity contribution in [2.45, 2.75) is 19.8 Å². The van der Waals surface area contributed by atoms with Gasteiger partial charge in [-0.2, -0.15) is 4.98 Å². The third-order valence-corrected chi connectivity index (χ3v) is 4.98. The zero-order valence-corrected chi connectivity index (χ0v) is 17.8. The summed E-state index contributed by atoms with van der Waals surface area (Å²) in [6.45, 7) is 2.06. The van der Waals surface area contributed by atoms with E-state index in [0.717, 1.165) is 5.56 Å². The van der Waals surface area contributed by atoms with E-state index in [1.165, 1.54) is 4.90 Å². The van der Waals surface area contributed by atoms with Gasteiger partial charge in [0.2, 0.25) is 23.5 Å². The predicted octanol–water partition coefficient (Wildman–Crippen LogP) is 4.46. The number of carbonyl (C=O) groups is 2. The Kier molecular flexibility index (Phi) is 7.43. The molecule has 7 nitrogen and oxygen atoms in total. The monoisotopic (exact) mass is 446 g/mol. The fraction of sp³-hybridized carbons (Fsp3) is 0.238. The molecule has 30 heavy (non-hydrogen) atoms. The Morgan fingerprint density at radius 1 is 1.07 bits per heavy atom. The molecule has 1 aromatic heterocycles. The first-order valence-electron chi connectivity index (χ1n) is 9.37. The van der Waals surface area contributed by atoms with Crippen LogP contribution >= 0.6 is 23.2 Å². The fourth-order valence-electron chi connectivity index (χ4n) is 2.78. The number of benzene rings is 2. The van der Waals surface area contributed by atoms with E-state index in [1.54, 1.807) is 25.1 Å². The molecule has 0 atom stereocenters. The second-order valence-corrected chi connectivity index (χ2v) is 7.24. The molecule has 2 aromatic carbocycles. The Morgan fingerprint density at radius 3 is 2.43 bits per heavy atom. The summed E-state index contributed by atoms with van der Waals surface area (Å²) in [6, 6.07) is 14.4. The fourth-order valence-corrected chi connectivity index (χ4v) is 3.27. The Bertz CT molecular complexity index is 1000. The van der Waals surface area contributed by atoms with E-state index in [-0.39, 0.29) is 31.2 Å². The number of nitrogens with zero attached hydrogens (tertiary/aromatic N) is 3. The van der Waals surface area contributed by atoms with Crippen LogP contribution in [0, 0.1) is 0 Å². The van der Waals surface area contributed by atoms with Crippen molar-refractivity contribution < 1.29 is 14.1 Å². The van der Waals surface area contributed by atoms with Gasteiger partial charge in [0, 0.05) is 24.9 Å². The molecule has 9 heteroatoms. The molecule has 3 rings (SSSR count). The second-order valence-electron chi connectivity index (χ2n) is 6.43. The first-order chi connectivity index (χ1) is 14.5. The van der Waals surface area contributed by atoms with E-state index < -0.39 is 0 Å². The first kappa shape index (κ1) is 21.8. The highest BCUT2D eigenvalue weighted by Crippen LogP contribution is 2.29. The number of amides is 2. The molecule has 156 valence electrons. The maximum Gasteiger partial charge on any atom is 0.244 e. The van der Waals surface area contributed by atoms with E-state index in [9.17, 15) is 9.59 Å². The minimum absolute atomic E-state index is 0.115. The lowest BCUT2D eigenvalue weighted by Crippen LogP contribution is -2.38. The molecule has 0 bridgehead atoms. The van der Waals surface area contributed by atoms with E-state index in [0.29, 0.717) is 34.0 Å². The molecular weight excluding hydrogens is 427 g/mol. The number of hydrogen-bond acceptors (Lipinski definition) is 5. The van der Waals surface area contributed by atoms with E-state index in [2.05, 4.69) is 15.5 Å². The molecule has 0 radical (unpaired) electrons. The Balaban J connectivity index is 1.55. The van der Waals surface area contributed by atoms with Crippen LogP contribution in [0.15, 0.2) is 53.1 Å². The van der Waals surface area contributed by atoms with Crippen LogP contribution in [0.25, 0.3) is 11.4 Å². The summed E-state index contributed by atoms with van der Waals surface area (Å²) in [6.07, 6.45) is 0.428. The summed E-state index contributed by atoms with van der Waals surface area (Å²) < 4.78 is 5.23. The van der Waals surface area contributed by atoms with Crippen LogP contribution in [0.1, 0.15) is 19.2 Å². The average Bonchev–Trinajstić information content (AvgIpc) is 3.23. The quantitative estimate of drug-likeness (QED) is 0.551. The predicted molar refractivity (Wildman–Crippen MR) is 115 cm³/mol. The number of halogens is 2. The van der Waals surface area contributed by atoms with Crippen molar-refractivity contribution in [2.24, 2.45) is 0 Å². The number of aryl methyl sites for hydroxylation is 1. The summed E-state index contributed by atoms with van der Waals surface area (Å²) in [5, 5.41) is 7.26. The topological polar surface area (TPSA) is 88.3 Å². The molecule has 0 fully saturated rings. The standard InChI is InChI=1S/C21H20Cl2N4O3/c1-2-27(13-17(28)24-20-15(22)9-6-10-16(20)23)19(29)12-11-18-25-21(26-30-18)14-7-4-3-5-8-14/h3-10H,2,11-13H2,1H3,(H,24,28). The van der Waals surface area contributed by atoms with Gasteiger partial charge in [0.25, 0.3) is 0 Å². The summed E-state index contributed by atoms with van der Waals surface area (Å²) in [5.41, 5.74) is 1.16. The lowest BCUT2D eigenvalue weighted by atomic mass is 10.2. The van der Waals surface area contributed by atoms with Crippen LogP contribution in [0.5, 0.6) is 0 Å². The smallest absolute Gasteiger partial charge is 0.244 e. The molecule has 3 aromatic rings. The normalized spacial score (nSPS) is 10.6. The van der Waals surface area contributed by atoms with E-state index >= 15 is 0 Å². The van der Waals surface area contributed by atoms with Gasteiger partial charge in [0.15, 0.2) is 0 Å². The molecular formula is C21H20Cl2N4O3. The van der Waals surface area contributed by atoms with Gasteiger partial charge < -0.3 is 14.7 Å². The lowest BCUT2D eigenvalue weighted by molar-refractivity contribution is -0.134. The highest BCUT2D eigenvalue weighted by Gasteiger charge is 2.18. The maximum atomic E-state index is 12.6. The van der Waals surface area contributed by atoms with E-state index in [4.69, 9.17) is 27.7 Å². The first-order valence-corrected chi connectivity index (χ1v) is 10.1. The van der Waals surface area contributed by atoms with Gasteiger partial charge in [0.05, 0.1) is 22.3 Å². The van der Waals surface area contributed by atoms with Crippen LogP contribution in [0.4, 0.5) is 5.69 Å². The molecule has 0 saturated heterocycles. The molecule has 1 N–H and O–H groups in total. The van der Waals surface area contributed by atoms with Gasteiger partial charge >= 0.3 is 0 Å². The number of likely N-dealkylation sites (N-methyl/N-ethyl adjacent to an activating group) is 1. The van der Waals surface area contributed by atoms with Crippen LogP contribution in [-0.4, -0.2) is 39.9 Å². The maximum absolute atomic E-state index is 12.6. The third-order valence-electron chi connectivity index (χ3n) is 4.35. The highest BCUT2D eigenvalue weighted by atomic mass is 35.5. The van der Waals surface area contributed by atoms with Crippen molar-refractivity contribution in [3.63, 3.8) is 0 Å². The number of hydrogen-bond donors (Lipinski definition) is 1. The van der Waals surface area contributed by atoms with Crippen LogP contribution < -0.4 is 5.32 Å². The molecule has 0 unspecified atom stereocenters. The van der Waals surface area contributed by atoms with Gasteiger partial charge in [0.1, 0.15) is 0 Å². The number of rotatable bonds is 8. The van der Waals surface area contributed by atoms with Crippen molar-refractivity contribution in [3.8, 4) is 11.4 Å².